The normalized spacial score (nSPS) is 12.0. The third-order valence-electron chi connectivity index (χ3n) is 2.29. The van der Waals surface area contributed by atoms with E-state index in [2.05, 4.69) is 13.8 Å². The number of hydrogen-bond donors (Lipinski definition) is 1. The number of primary sulfonamides is 1. The minimum Gasteiger partial charge on any atom is -0.229 e. The van der Waals surface area contributed by atoms with Crippen LogP contribution in [0.1, 0.15) is 30.9 Å². The van der Waals surface area contributed by atoms with Gasteiger partial charge >= 0.3 is 0 Å². The lowest BCUT2D eigenvalue weighted by Gasteiger charge is -2.07. The average molecular weight is 227 g/mol. The van der Waals surface area contributed by atoms with Crippen molar-refractivity contribution in [2.75, 3.05) is 5.75 Å². The van der Waals surface area contributed by atoms with Gasteiger partial charge in [0.15, 0.2) is 0 Å². The third kappa shape index (κ3) is 4.44. The molecule has 0 unspecified atom stereocenters. The first-order valence-corrected chi connectivity index (χ1v) is 6.69. The van der Waals surface area contributed by atoms with Gasteiger partial charge in [0.05, 0.1) is 5.75 Å². The van der Waals surface area contributed by atoms with E-state index in [4.69, 9.17) is 5.14 Å². The molecule has 0 bridgehead atoms. The van der Waals surface area contributed by atoms with Gasteiger partial charge in [-0.2, -0.15) is 0 Å². The van der Waals surface area contributed by atoms with E-state index in [0.717, 1.165) is 5.56 Å². The molecule has 0 aliphatic heterocycles. The van der Waals surface area contributed by atoms with Crippen LogP contribution in [-0.2, 0) is 16.4 Å². The highest BCUT2D eigenvalue weighted by atomic mass is 32.2. The van der Waals surface area contributed by atoms with E-state index in [0.29, 0.717) is 12.3 Å². The van der Waals surface area contributed by atoms with Gasteiger partial charge in [-0.25, -0.2) is 13.6 Å². The van der Waals surface area contributed by atoms with Crippen molar-refractivity contribution < 1.29 is 8.42 Å². The highest BCUT2D eigenvalue weighted by Gasteiger charge is 2.05. The molecule has 1 aromatic carbocycles. The fourth-order valence-electron chi connectivity index (χ4n) is 1.37. The lowest BCUT2D eigenvalue weighted by molar-refractivity contribution is 0.597. The Balaban J connectivity index is 2.74. The Morgan fingerprint density at radius 1 is 1.33 bits per heavy atom. The number of sulfonamides is 1. The summed E-state index contributed by atoms with van der Waals surface area (Å²) < 4.78 is 21.6. The molecule has 3 nitrogen and oxygen atoms in total. The summed E-state index contributed by atoms with van der Waals surface area (Å²) in [6, 6.07) is 7.96. The van der Waals surface area contributed by atoms with Gasteiger partial charge in [-0.1, -0.05) is 38.1 Å². The predicted octanol–water partition coefficient (Wildman–Crippen LogP) is 1.64. The Hall–Kier alpha value is -0.870. The molecule has 0 amide bonds. The molecule has 0 aromatic heterocycles. The smallest absolute Gasteiger partial charge is 0.209 e. The molecule has 0 heterocycles. The monoisotopic (exact) mass is 227 g/mol. The second kappa shape index (κ2) is 4.77. The van der Waals surface area contributed by atoms with Crippen LogP contribution in [0, 0.1) is 0 Å². The molecular formula is C11H17NO2S. The van der Waals surface area contributed by atoms with E-state index >= 15 is 0 Å². The predicted molar refractivity (Wildman–Crippen MR) is 62.2 cm³/mol. The lowest BCUT2D eigenvalue weighted by atomic mass is 10.0. The number of aryl methyl sites for hydroxylation is 1. The average Bonchev–Trinajstić information content (AvgIpc) is 2.14. The lowest BCUT2D eigenvalue weighted by Crippen LogP contribution is -2.18. The summed E-state index contributed by atoms with van der Waals surface area (Å²) in [5, 5.41) is 4.95. The van der Waals surface area contributed by atoms with Crippen LogP contribution < -0.4 is 5.14 Å². The zero-order valence-electron chi connectivity index (χ0n) is 9.10. The highest BCUT2D eigenvalue weighted by Crippen LogP contribution is 2.15. The van der Waals surface area contributed by atoms with Crippen molar-refractivity contribution in [3.8, 4) is 0 Å². The molecule has 0 saturated carbocycles. The van der Waals surface area contributed by atoms with Crippen molar-refractivity contribution in [3.63, 3.8) is 0 Å². The van der Waals surface area contributed by atoms with Crippen molar-refractivity contribution >= 4 is 10.0 Å². The van der Waals surface area contributed by atoms with Crippen LogP contribution in [0.25, 0.3) is 0 Å². The fraction of sp³-hybridized carbons (Fsp3) is 0.455. The summed E-state index contributed by atoms with van der Waals surface area (Å²) in [6.07, 6.45) is 0.486. The van der Waals surface area contributed by atoms with Crippen LogP contribution in [0.5, 0.6) is 0 Å². The summed E-state index contributed by atoms with van der Waals surface area (Å²) in [5.41, 5.74) is 2.25. The maximum Gasteiger partial charge on any atom is 0.209 e. The summed E-state index contributed by atoms with van der Waals surface area (Å²) >= 11 is 0. The first-order valence-electron chi connectivity index (χ1n) is 4.98. The van der Waals surface area contributed by atoms with Gasteiger partial charge in [0.1, 0.15) is 0 Å². The Kier molecular flexibility index (Phi) is 3.88. The molecule has 0 aliphatic rings. The van der Waals surface area contributed by atoms with Crippen molar-refractivity contribution in [2.24, 2.45) is 5.14 Å². The standard InChI is InChI=1S/C11H17NO2S/c1-9(2)11-5-3-4-10(8-11)6-7-15(12,13)14/h3-5,8-9H,6-7H2,1-2H3,(H2,12,13,14). The number of rotatable bonds is 4. The Morgan fingerprint density at radius 3 is 2.53 bits per heavy atom. The van der Waals surface area contributed by atoms with Crippen LogP contribution in [0.3, 0.4) is 0 Å². The van der Waals surface area contributed by atoms with E-state index in [1.54, 1.807) is 0 Å². The molecule has 1 aromatic rings. The molecule has 84 valence electrons. The maximum absolute atomic E-state index is 10.8. The minimum atomic E-state index is -3.36. The molecule has 0 radical (unpaired) electrons. The molecular weight excluding hydrogens is 210 g/mol. The van der Waals surface area contributed by atoms with Gasteiger partial charge < -0.3 is 0 Å². The van der Waals surface area contributed by atoms with Crippen LogP contribution in [-0.4, -0.2) is 14.2 Å². The third-order valence-corrected chi connectivity index (χ3v) is 3.07. The highest BCUT2D eigenvalue weighted by molar-refractivity contribution is 7.89. The van der Waals surface area contributed by atoms with E-state index in [1.807, 2.05) is 24.3 Å². The zero-order chi connectivity index (χ0) is 11.5. The van der Waals surface area contributed by atoms with Crippen molar-refractivity contribution in [1.82, 2.24) is 0 Å². The molecule has 0 fully saturated rings. The van der Waals surface area contributed by atoms with Gasteiger partial charge in [0.2, 0.25) is 10.0 Å². The van der Waals surface area contributed by atoms with Gasteiger partial charge in [-0.3, -0.25) is 0 Å². The molecule has 0 atom stereocenters. The van der Waals surface area contributed by atoms with Crippen molar-refractivity contribution in [3.05, 3.63) is 35.4 Å². The molecule has 4 heteroatoms. The van der Waals surface area contributed by atoms with Crippen molar-refractivity contribution in [2.45, 2.75) is 26.2 Å². The molecule has 2 N–H and O–H groups in total. The Labute approximate surface area is 91.4 Å². The first-order chi connectivity index (χ1) is 6.88. The van der Waals surface area contributed by atoms with Crippen LogP contribution in [0.15, 0.2) is 24.3 Å². The number of nitrogens with two attached hydrogens (primary N) is 1. The summed E-state index contributed by atoms with van der Waals surface area (Å²) in [6.45, 7) is 4.22. The summed E-state index contributed by atoms with van der Waals surface area (Å²) in [4.78, 5) is 0. The zero-order valence-corrected chi connectivity index (χ0v) is 9.92. The number of benzene rings is 1. The Bertz CT molecular complexity index is 424. The molecule has 0 aliphatic carbocycles. The largest absolute Gasteiger partial charge is 0.229 e. The van der Waals surface area contributed by atoms with E-state index < -0.39 is 10.0 Å². The second-order valence-electron chi connectivity index (χ2n) is 4.02. The van der Waals surface area contributed by atoms with Gasteiger partial charge in [0, 0.05) is 0 Å². The Morgan fingerprint density at radius 2 is 2.00 bits per heavy atom. The van der Waals surface area contributed by atoms with Gasteiger partial charge in [-0.05, 0) is 23.5 Å². The van der Waals surface area contributed by atoms with Gasteiger partial charge in [-0.15, -0.1) is 0 Å². The summed E-state index contributed by atoms with van der Waals surface area (Å²) in [5.74, 6) is 0.466. The van der Waals surface area contributed by atoms with E-state index in [9.17, 15) is 8.42 Å². The molecule has 0 spiro atoms. The molecule has 0 saturated heterocycles. The maximum atomic E-state index is 10.8. The van der Waals surface area contributed by atoms with Crippen LogP contribution in [0.2, 0.25) is 0 Å². The van der Waals surface area contributed by atoms with Crippen LogP contribution >= 0.6 is 0 Å². The number of hydrogen-bond acceptors (Lipinski definition) is 2. The van der Waals surface area contributed by atoms with Gasteiger partial charge in [0.25, 0.3) is 0 Å². The molecule has 1 rings (SSSR count). The SMILES string of the molecule is CC(C)c1cccc(CCS(N)(=O)=O)c1. The quantitative estimate of drug-likeness (QED) is 0.850. The summed E-state index contributed by atoms with van der Waals surface area (Å²) in [7, 11) is -3.36. The van der Waals surface area contributed by atoms with E-state index in [-0.39, 0.29) is 5.75 Å². The topological polar surface area (TPSA) is 60.2 Å². The second-order valence-corrected chi connectivity index (χ2v) is 5.75. The molecule has 15 heavy (non-hydrogen) atoms. The van der Waals surface area contributed by atoms with E-state index in [1.165, 1.54) is 5.56 Å². The van der Waals surface area contributed by atoms with Crippen LogP contribution in [0.4, 0.5) is 0 Å². The van der Waals surface area contributed by atoms with Crippen molar-refractivity contribution in [1.29, 1.82) is 0 Å². The minimum absolute atomic E-state index is 0.00848. The first kappa shape index (κ1) is 12.2. The fourth-order valence-corrected chi connectivity index (χ4v) is 1.89.